The molecule has 92 valence electrons. The summed E-state index contributed by atoms with van der Waals surface area (Å²) >= 11 is 0. The Morgan fingerprint density at radius 2 is 2.12 bits per heavy atom. The van der Waals surface area contributed by atoms with Crippen LogP contribution >= 0.6 is 0 Å². The van der Waals surface area contributed by atoms with Crippen LogP contribution in [0.1, 0.15) is 61.2 Å². The topological polar surface area (TPSA) is 66.0 Å². The summed E-state index contributed by atoms with van der Waals surface area (Å²) in [6.45, 7) is 2.06. The molecule has 0 aromatic carbocycles. The Morgan fingerprint density at radius 1 is 1.41 bits per heavy atom. The number of nitrogens with zero attached hydrogens (tertiary/aromatic N) is 1. The molecular weight excluding hydrogens is 216 g/mol. The molecule has 2 unspecified atom stereocenters. The molecule has 3 rings (SSSR count). The second kappa shape index (κ2) is 3.86. The van der Waals surface area contributed by atoms with Crippen LogP contribution < -0.4 is 0 Å². The fraction of sp³-hybridized carbons (Fsp3) is 0.692. The number of imidazole rings is 1. The number of aromatic nitrogens is 2. The lowest BCUT2D eigenvalue weighted by Crippen LogP contribution is -2.00. The summed E-state index contributed by atoms with van der Waals surface area (Å²) in [5, 5.41) is 8.93. The number of carboxylic acid groups (broad SMARTS) is 1. The third-order valence-electron chi connectivity index (χ3n) is 4.14. The van der Waals surface area contributed by atoms with Gasteiger partial charge in [-0.3, -0.25) is 4.79 Å². The Balaban J connectivity index is 1.79. The van der Waals surface area contributed by atoms with Crippen LogP contribution in [0.4, 0.5) is 0 Å². The summed E-state index contributed by atoms with van der Waals surface area (Å²) in [6, 6.07) is 0. The van der Waals surface area contributed by atoms with Crippen molar-refractivity contribution < 1.29 is 9.90 Å². The lowest BCUT2D eigenvalue weighted by Gasteiger charge is -2.05. The molecule has 2 aliphatic rings. The van der Waals surface area contributed by atoms with E-state index >= 15 is 0 Å². The molecule has 0 saturated heterocycles. The fourth-order valence-corrected chi connectivity index (χ4v) is 3.04. The molecule has 1 aromatic heterocycles. The van der Waals surface area contributed by atoms with Crippen LogP contribution in [0.25, 0.3) is 0 Å². The van der Waals surface area contributed by atoms with Gasteiger partial charge < -0.3 is 10.1 Å². The quantitative estimate of drug-likeness (QED) is 0.844. The van der Waals surface area contributed by atoms with E-state index in [0.717, 1.165) is 17.9 Å². The molecule has 0 spiro atoms. The van der Waals surface area contributed by atoms with Crippen molar-refractivity contribution in [3.63, 3.8) is 0 Å². The molecule has 0 aliphatic heterocycles. The zero-order valence-electron chi connectivity index (χ0n) is 10.1. The van der Waals surface area contributed by atoms with Gasteiger partial charge in [0, 0.05) is 17.5 Å². The van der Waals surface area contributed by atoms with Crippen molar-refractivity contribution in [2.75, 3.05) is 0 Å². The van der Waals surface area contributed by atoms with E-state index in [1.807, 2.05) is 0 Å². The lowest BCUT2D eigenvalue weighted by molar-refractivity contribution is -0.138. The van der Waals surface area contributed by atoms with E-state index < -0.39 is 5.97 Å². The normalized spacial score (nSPS) is 28.5. The number of aromatic amines is 1. The zero-order valence-corrected chi connectivity index (χ0v) is 10.1. The maximum Gasteiger partial charge on any atom is 0.307 e. The Hall–Kier alpha value is -1.32. The van der Waals surface area contributed by atoms with Gasteiger partial charge in [-0.25, -0.2) is 4.98 Å². The van der Waals surface area contributed by atoms with Gasteiger partial charge in [0.15, 0.2) is 0 Å². The summed E-state index contributed by atoms with van der Waals surface area (Å²) in [5.41, 5.74) is 2.33. The Bertz CT molecular complexity index is 446. The number of nitrogens with one attached hydrogen (secondary N) is 1. The molecule has 2 fully saturated rings. The number of aliphatic carboxylic acids is 1. The third kappa shape index (κ3) is 1.85. The second-order valence-electron chi connectivity index (χ2n) is 5.40. The first kappa shape index (κ1) is 10.8. The van der Waals surface area contributed by atoms with Crippen LogP contribution in [-0.2, 0) is 4.79 Å². The average Bonchev–Trinajstić information content (AvgIpc) is 2.74. The van der Waals surface area contributed by atoms with Crippen molar-refractivity contribution in [3.8, 4) is 0 Å². The molecule has 2 aliphatic carbocycles. The van der Waals surface area contributed by atoms with Crippen molar-refractivity contribution in [1.82, 2.24) is 9.97 Å². The van der Waals surface area contributed by atoms with E-state index in [9.17, 15) is 4.79 Å². The molecule has 1 heterocycles. The zero-order chi connectivity index (χ0) is 12.0. The molecule has 1 aromatic rings. The van der Waals surface area contributed by atoms with Gasteiger partial charge in [0.05, 0.1) is 11.6 Å². The third-order valence-corrected chi connectivity index (χ3v) is 4.14. The van der Waals surface area contributed by atoms with Gasteiger partial charge in [-0.2, -0.15) is 0 Å². The summed E-state index contributed by atoms with van der Waals surface area (Å²) in [4.78, 5) is 18.8. The predicted molar refractivity (Wildman–Crippen MR) is 63.0 cm³/mol. The van der Waals surface area contributed by atoms with E-state index in [4.69, 9.17) is 5.11 Å². The van der Waals surface area contributed by atoms with E-state index in [1.165, 1.54) is 31.4 Å². The smallest absolute Gasteiger partial charge is 0.307 e. The molecule has 4 nitrogen and oxygen atoms in total. The number of hydrogen-bond donors (Lipinski definition) is 2. The van der Waals surface area contributed by atoms with Gasteiger partial charge in [-0.05, 0) is 26.2 Å². The molecule has 0 radical (unpaired) electrons. The minimum Gasteiger partial charge on any atom is -0.481 e. The summed E-state index contributed by atoms with van der Waals surface area (Å²) in [5.74, 6) is 0.726. The van der Waals surface area contributed by atoms with Crippen molar-refractivity contribution in [1.29, 1.82) is 0 Å². The molecule has 0 amide bonds. The highest BCUT2D eigenvalue weighted by Crippen LogP contribution is 2.47. The van der Waals surface area contributed by atoms with Crippen molar-refractivity contribution in [3.05, 3.63) is 17.2 Å². The van der Waals surface area contributed by atoms with Crippen LogP contribution in [0.3, 0.4) is 0 Å². The predicted octanol–water partition coefficient (Wildman–Crippen LogP) is 2.56. The lowest BCUT2D eigenvalue weighted by atomic mass is 10.0. The van der Waals surface area contributed by atoms with Crippen molar-refractivity contribution >= 4 is 5.97 Å². The van der Waals surface area contributed by atoms with Crippen LogP contribution in [0.5, 0.6) is 0 Å². The van der Waals surface area contributed by atoms with E-state index in [1.54, 1.807) is 0 Å². The summed E-state index contributed by atoms with van der Waals surface area (Å²) in [6.07, 6.45) is 5.81. The van der Waals surface area contributed by atoms with Gasteiger partial charge >= 0.3 is 5.97 Å². The SMILES string of the molecule is Cc1[nH]c(C2CC2C(=O)O)nc1C1CCCC1. The number of rotatable bonds is 3. The summed E-state index contributed by atoms with van der Waals surface area (Å²) < 4.78 is 0. The first-order chi connectivity index (χ1) is 8.16. The molecule has 2 atom stereocenters. The van der Waals surface area contributed by atoms with Gasteiger partial charge in [0.25, 0.3) is 0 Å². The van der Waals surface area contributed by atoms with E-state index in [2.05, 4.69) is 16.9 Å². The highest BCUT2D eigenvalue weighted by atomic mass is 16.4. The highest BCUT2D eigenvalue weighted by Gasteiger charge is 2.46. The van der Waals surface area contributed by atoms with Gasteiger partial charge in [-0.15, -0.1) is 0 Å². The van der Waals surface area contributed by atoms with Crippen molar-refractivity contribution in [2.24, 2.45) is 5.92 Å². The second-order valence-corrected chi connectivity index (χ2v) is 5.40. The number of H-pyrrole nitrogens is 1. The Morgan fingerprint density at radius 3 is 2.71 bits per heavy atom. The van der Waals surface area contributed by atoms with Crippen LogP contribution in [0.15, 0.2) is 0 Å². The minimum atomic E-state index is -0.688. The van der Waals surface area contributed by atoms with Gasteiger partial charge in [0.2, 0.25) is 0 Å². The Kier molecular flexibility index (Phi) is 2.45. The number of carbonyl (C=O) groups is 1. The number of hydrogen-bond acceptors (Lipinski definition) is 2. The maximum atomic E-state index is 10.9. The van der Waals surface area contributed by atoms with E-state index in [-0.39, 0.29) is 11.8 Å². The maximum absolute atomic E-state index is 10.9. The molecule has 2 N–H and O–H groups in total. The molecule has 0 bridgehead atoms. The average molecular weight is 234 g/mol. The van der Waals surface area contributed by atoms with Gasteiger partial charge in [-0.1, -0.05) is 12.8 Å². The number of aryl methyl sites for hydroxylation is 1. The molecule has 2 saturated carbocycles. The fourth-order valence-electron chi connectivity index (χ4n) is 3.04. The van der Waals surface area contributed by atoms with Crippen LogP contribution in [0.2, 0.25) is 0 Å². The van der Waals surface area contributed by atoms with Crippen LogP contribution in [-0.4, -0.2) is 21.0 Å². The molecule has 4 heteroatoms. The van der Waals surface area contributed by atoms with Crippen molar-refractivity contribution in [2.45, 2.75) is 50.9 Å². The van der Waals surface area contributed by atoms with Gasteiger partial charge in [0.1, 0.15) is 5.82 Å². The summed E-state index contributed by atoms with van der Waals surface area (Å²) in [7, 11) is 0. The first-order valence-corrected chi connectivity index (χ1v) is 6.46. The molecular formula is C13H18N2O2. The highest BCUT2D eigenvalue weighted by molar-refractivity contribution is 5.74. The van der Waals surface area contributed by atoms with Crippen LogP contribution in [0, 0.1) is 12.8 Å². The van der Waals surface area contributed by atoms with E-state index in [0.29, 0.717) is 5.92 Å². The monoisotopic (exact) mass is 234 g/mol. The standard InChI is InChI=1S/C13H18N2O2/c1-7-11(8-4-2-3-5-8)15-12(14-7)9-6-10(9)13(16)17/h8-10H,2-6H2,1H3,(H,14,15)(H,16,17). The largest absolute Gasteiger partial charge is 0.481 e. The minimum absolute atomic E-state index is 0.126. The number of carboxylic acids is 1. The first-order valence-electron chi connectivity index (χ1n) is 6.46. The molecule has 17 heavy (non-hydrogen) atoms. The Labute approximate surface area is 100 Å².